The molecule has 0 aromatic heterocycles. The zero-order valence-corrected chi connectivity index (χ0v) is 26.8. The van der Waals surface area contributed by atoms with Gasteiger partial charge in [-0.05, 0) is 63.1 Å². The lowest BCUT2D eigenvalue weighted by Crippen LogP contribution is -2.59. The number of nitrogens with zero attached hydrogens (tertiary/aromatic N) is 6. The predicted molar refractivity (Wildman–Crippen MR) is 167 cm³/mol. The molecule has 1 spiro atoms. The molecular formula is C33H45BN6O4+2. The largest absolute Gasteiger partial charge is 0.481 e. The number of hydrogen-bond acceptors (Lipinski definition) is 5. The quantitative estimate of drug-likeness (QED) is 0.127. The normalized spacial score (nSPS) is 19.2. The lowest BCUT2D eigenvalue weighted by atomic mass is 9.97. The first-order valence-corrected chi connectivity index (χ1v) is 15.5. The van der Waals surface area contributed by atoms with Crippen LogP contribution >= 0.6 is 0 Å². The van der Waals surface area contributed by atoms with Crippen molar-refractivity contribution < 1.29 is 32.7 Å². The van der Waals surface area contributed by atoms with Crippen molar-refractivity contribution in [3.63, 3.8) is 0 Å². The van der Waals surface area contributed by atoms with E-state index in [0.29, 0.717) is 36.1 Å². The Morgan fingerprint density at radius 1 is 0.977 bits per heavy atom. The molecule has 3 heterocycles. The third-order valence-electron chi connectivity index (χ3n) is 9.33. The van der Waals surface area contributed by atoms with Gasteiger partial charge in [0.2, 0.25) is 0 Å². The lowest BCUT2D eigenvalue weighted by Gasteiger charge is -2.43. The number of rotatable bonds is 6. The van der Waals surface area contributed by atoms with Gasteiger partial charge in [-0.1, -0.05) is 12.1 Å². The van der Waals surface area contributed by atoms with Crippen LogP contribution in [0.15, 0.2) is 36.4 Å². The number of quaternary nitrogens is 2. The fourth-order valence-corrected chi connectivity index (χ4v) is 6.72. The van der Waals surface area contributed by atoms with Gasteiger partial charge in [0.05, 0.1) is 58.5 Å². The third-order valence-corrected chi connectivity index (χ3v) is 9.33. The minimum Gasteiger partial charge on any atom is -0.460 e. The highest BCUT2D eigenvalue weighted by Gasteiger charge is 2.40. The van der Waals surface area contributed by atoms with E-state index in [1.807, 2.05) is 32.9 Å². The second kappa shape index (κ2) is 12.5. The van der Waals surface area contributed by atoms with Crippen molar-refractivity contribution in [2.75, 3.05) is 59.5 Å². The summed E-state index contributed by atoms with van der Waals surface area (Å²) in [5, 5.41) is 0. The topological polar surface area (TPSA) is 95.5 Å². The fourth-order valence-electron chi connectivity index (χ4n) is 6.72. The molecule has 2 saturated heterocycles. The molecule has 1 amide bonds. The number of hydrogen-bond donors (Lipinski definition) is 0. The zero-order chi connectivity index (χ0) is 31.7. The Hall–Kier alpha value is -3.50. The van der Waals surface area contributed by atoms with Crippen LogP contribution in [-0.2, 0) is 40.4 Å². The maximum atomic E-state index is 12.5. The zero-order valence-electron chi connectivity index (χ0n) is 26.8. The third kappa shape index (κ3) is 7.24. The van der Waals surface area contributed by atoms with Crippen molar-refractivity contribution in [1.29, 1.82) is 0 Å². The second-order valence-corrected chi connectivity index (χ2v) is 13.9. The number of carbonyl (C=O) groups is 2. The highest BCUT2D eigenvalue weighted by molar-refractivity contribution is 6.40. The van der Waals surface area contributed by atoms with E-state index in [-0.39, 0.29) is 11.8 Å². The average molecular weight is 601 g/mol. The van der Waals surface area contributed by atoms with E-state index in [1.54, 1.807) is 17.0 Å². The number of carbonyl (C=O) groups excluding carboxylic acids is 2. The Kier molecular flexibility index (Phi) is 9.05. The van der Waals surface area contributed by atoms with Gasteiger partial charge in [0.15, 0.2) is 0 Å². The molecule has 232 valence electrons. The van der Waals surface area contributed by atoms with Gasteiger partial charge in [0.1, 0.15) is 18.7 Å². The Balaban J connectivity index is 1.15. The first kappa shape index (κ1) is 31.9. The molecule has 3 aliphatic heterocycles. The predicted octanol–water partition coefficient (Wildman–Crippen LogP) is 3.18. The van der Waals surface area contributed by atoms with E-state index >= 15 is 0 Å². The van der Waals surface area contributed by atoms with Gasteiger partial charge in [-0.25, -0.2) is 9.59 Å². The first-order chi connectivity index (χ1) is 20.8. The molecule has 10 nitrogen and oxygen atoms in total. The van der Waals surface area contributed by atoms with Crippen molar-refractivity contribution >= 4 is 25.8 Å². The Bertz CT molecular complexity index is 1450. The van der Waals surface area contributed by atoms with Gasteiger partial charge < -0.3 is 23.9 Å². The van der Waals surface area contributed by atoms with Crippen LogP contribution in [0.1, 0.15) is 54.2 Å². The second-order valence-electron chi connectivity index (χ2n) is 13.9. The van der Waals surface area contributed by atoms with Crippen molar-refractivity contribution in [2.45, 2.75) is 59.5 Å². The van der Waals surface area contributed by atoms with E-state index in [0.717, 1.165) is 62.4 Å². The van der Waals surface area contributed by atoms with Crippen molar-refractivity contribution in [2.24, 2.45) is 0 Å². The summed E-state index contributed by atoms with van der Waals surface area (Å²) in [7, 11) is 8.14. The number of aryl methyl sites for hydroxylation is 1. The van der Waals surface area contributed by atoms with Crippen LogP contribution in [0, 0.1) is 6.92 Å². The lowest BCUT2D eigenvalue weighted by molar-refractivity contribution is -0.951. The molecule has 2 fully saturated rings. The molecule has 44 heavy (non-hydrogen) atoms. The summed E-state index contributed by atoms with van der Waals surface area (Å²) >= 11 is 0. The van der Waals surface area contributed by atoms with E-state index < -0.39 is 11.6 Å². The fraction of sp³-hybridized carbons (Fsp3) is 0.545. The van der Waals surface area contributed by atoms with Gasteiger partial charge in [-0.3, -0.25) is 9.80 Å². The summed E-state index contributed by atoms with van der Waals surface area (Å²) < 4.78 is 11.8. The van der Waals surface area contributed by atoms with Gasteiger partial charge in [0, 0.05) is 36.3 Å². The molecule has 2 aromatic rings. The SMILES string of the molecule is [B][N+]1(Cc2cc3c(cc2C)C[N+]2(CCN(Cc4ccc(C(=[N+]=[N-])C(=O)OC)cc4)CC2)C3)CCN(C(=O)OC(C)(C)C)CC1. The molecule has 0 saturated carbocycles. The molecule has 2 radical (unpaired) electrons. The van der Waals surface area contributed by atoms with Gasteiger partial charge >= 0.3 is 25.8 Å². The molecule has 0 aliphatic carbocycles. The first-order valence-electron chi connectivity index (χ1n) is 15.5. The number of amides is 1. The van der Waals surface area contributed by atoms with Crippen molar-refractivity contribution in [3.05, 3.63) is 75.3 Å². The molecule has 5 rings (SSSR count). The van der Waals surface area contributed by atoms with Crippen molar-refractivity contribution in [1.82, 2.24) is 9.80 Å². The molecule has 11 heteroatoms. The minimum absolute atomic E-state index is 0.0976. The number of piperazine rings is 2. The smallest absolute Gasteiger partial charge is 0.460 e. The summed E-state index contributed by atoms with van der Waals surface area (Å²) in [5.41, 5.74) is 15.8. The van der Waals surface area contributed by atoms with Crippen molar-refractivity contribution in [3.8, 4) is 0 Å². The van der Waals surface area contributed by atoms with Crippen LogP contribution in [-0.4, -0.2) is 114 Å². The van der Waals surface area contributed by atoms with Crippen LogP contribution in [0.5, 0.6) is 0 Å². The molecule has 0 N–H and O–H groups in total. The summed E-state index contributed by atoms with van der Waals surface area (Å²) in [6.45, 7) is 18.4. The maximum absolute atomic E-state index is 12.5. The molecule has 2 aromatic carbocycles. The summed E-state index contributed by atoms with van der Waals surface area (Å²) in [6, 6.07) is 12.3. The summed E-state index contributed by atoms with van der Waals surface area (Å²) in [6.07, 6.45) is -0.258. The maximum Gasteiger partial charge on any atom is 0.481 e. The van der Waals surface area contributed by atoms with E-state index in [9.17, 15) is 15.1 Å². The standard InChI is InChI=1S/C33H45BN6O4/c1-24-18-28-21-39(14-10-37(11-15-39)20-25-6-8-26(9-7-25)30(36-35)31(41)43-5)22-29(28)19-27(24)23-40(34)16-12-38(13-17-40)32(42)44-33(2,3)4/h6-9,18-19H,10-17,20-23H2,1-5H3/q+2. The molecule has 0 atom stereocenters. The number of methoxy groups -OCH3 is 1. The van der Waals surface area contributed by atoms with Crippen LogP contribution in [0.3, 0.4) is 0 Å². The number of esters is 1. The Morgan fingerprint density at radius 3 is 2.16 bits per heavy atom. The molecule has 0 unspecified atom stereocenters. The van der Waals surface area contributed by atoms with Crippen LogP contribution in [0.25, 0.3) is 5.53 Å². The Morgan fingerprint density at radius 2 is 1.59 bits per heavy atom. The number of ether oxygens (including phenoxy) is 2. The van der Waals surface area contributed by atoms with E-state index in [4.69, 9.17) is 17.5 Å². The van der Waals surface area contributed by atoms with Crippen LogP contribution in [0.4, 0.5) is 4.79 Å². The van der Waals surface area contributed by atoms with E-state index in [1.165, 1.54) is 29.4 Å². The average Bonchev–Trinajstić information content (AvgIpc) is 3.31. The van der Waals surface area contributed by atoms with Crippen LogP contribution in [0.2, 0.25) is 0 Å². The monoisotopic (exact) mass is 600 g/mol. The van der Waals surface area contributed by atoms with Gasteiger partial charge in [-0.15, -0.1) is 0 Å². The highest BCUT2D eigenvalue weighted by atomic mass is 16.6. The Labute approximate surface area is 262 Å². The minimum atomic E-state index is -0.665. The molecule has 3 aliphatic rings. The number of fused-ring (bicyclic) bond motifs is 1. The number of benzene rings is 2. The highest BCUT2D eigenvalue weighted by Crippen LogP contribution is 2.34. The molecular weight excluding hydrogens is 555 g/mol. The summed E-state index contributed by atoms with van der Waals surface area (Å²) in [4.78, 5) is 31.7. The van der Waals surface area contributed by atoms with Gasteiger partial charge in [-0.2, -0.15) is 4.79 Å². The van der Waals surface area contributed by atoms with E-state index in [2.05, 4.69) is 28.7 Å². The molecule has 0 bridgehead atoms. The van der Waals surface area contributed by atoms with Gasteiger partial charge in [0.25, 0.3) is 0 Å². The van der Waals surface area contributed by atoms with Crippen LogP contribution < -0.4 is 0 Å². The summed E-state index contributed by atoms with van der Waals surface area (Å²) in [5.74, 6) is -0.665.